The molecule has 364 valence electrons. The predicted octanol–water partition coefficient (Wildman–Crippen LogP) is 11.6. The van der Waals surface area contributed by atoms with Crippen LogP contribution < -0.4 is 9.47 Å². The average Bonchev–Trinajstić information content (AvgIpc) is 3.33. The highest BCUT2D eigenvalue weighted by Crippen LogP contribution is 2.32. The maximum Gasteiger partial charge on any atom is 0.306 e. The fourth-order valence-corrected chi connectivity index (χ4v) is 7.07. The number of ether oxygens (including phenoxy) is 6. The van der Waals surface area contributed by atoms with E-state index in [0.717, 1.165) is 81.7 Å². The van der Waals surface area contributed by atoms with Crippen LogP contribution in [-0.2, 0) is 38.1 Å². The molecule has 2 N–H and O–H groups in total. The highest BCUT2D eigenvalue weighted by Gasteiger charge is 2.19. The van der Waals surface area contributed by atoms with Gasteiger partial charge in [0.15, 0.2) is 0 Å². The minimum Gasteiger partial charge on any atom is -0.508 e. The van der Waals surface area contributed by atoms with E-state index in [1.807, 2.05) is 90.1 Å². The van der Waals surface area contributed by atoms with E-state index < -0.39 is 0 Å². The fraction of sp³-hybridized carbons (Fsp3) is 0.481. The molecular weight excluding hydrogens is 841 g/mol. The lowest BCUT2D eigenvalue weighted by Gasteiger charge is -2.15. The second-order valence-electron chi connectivity index (χ2n) is 16.1. The van der Waals surface area contributed by atoms with Gasteiger partial charge in [-0.2, -0.15) is 0 Å². The van der Waals surface area contributed by atoms with Gasteiger partial charge in [-0.05, 0) is 146 Å². The first-order valence-corrected chi connectivity index (χ1v) is 22.6. The standard InChI is InChI=1S/2C14H20O3.2C13H18O3/c2*1-5-11(9-14(15)17-4)12-7-6-10(2)13(8-12)16-3;2*1-4-10(8-13(15)16-3)11-6-5-9(2)12(14)7-11/h2*6-8,11H,5,9H2,1-4H3;2*5-7,10,14H,4,8H2,1-3H3/t2*11-;2*10-/m1010/s1. The van der Waals surface area contributed by atoms with Crippen LogP contribution in [0, 0.1) is 27.7 Å². The average molecular weight is 917 g/mol. The Labute approximate surface area is 393 Å². The van der Waals surface area contributed by atoms with Crippen LogP contribution >= 0.6 is 0 Å². The van der Waals surface area contributed by atoms with Gasteiger partial charge in [0.2, 0.25) is 0 Å². The van der Waals surface area contributed by atoms with Gasteiger partial charge in [0, 0.05) is 0 Å². The minimum atomic E-state index is -0.216. The molecule has 0 aliphatic heterocycles. The lowest BCUT2D eigenvalue weighted by Crippen LogP contribution is -2.08. The summed E-state index contributed by atoms with van der Waals surface area (Å²) in [6.45, 7) is 15.9. The molecule has 0 saturated carbocycles. The zero-order valence-corrected chi connectivity index (χ0v) is 41.9. The largest absolute Gasteiger partial charge is 0.508 e. The Bertz CT molecular complexity index is 1960. The van der Waals surface area contributed by atoms with Crippen LogP contribution in [0.1, 0.15) is 147 Å². The molecule has 0 amide bonds. The van der Waals surface area contributed by atoms with Gasteiger partial charge in [0.05, 0.1) is 68.3 Å². The summed E-state index contributed by atoms with van der Waals surface area (Å²) < 4.78 is 29.3. The maximum absolute atomic E-state index is 11.3. The van der Waals surface area contributed by atoms with Gasteiger partial charge < -0.3 is 38.6 Å². The van der Waals surface area contributed by atoms with Crippen molar-refractivity contribution in [3.8, 4) is 23.0 Å². The molecule has 4 rings (SSSR count). The second kappa shape index (κ2) is 31.0. The van der Waals surface area contributed by atoms with Gasteiger partial charge in [0.25, 0.3) is 0 Å². The maximum atomic E-state index is 11.3. The van der Waals surface area contributed by atoms with E-state index in [1.54, 1.807) is 26.4 Å². The lowest BCUT2D eigenvalue weighted by molar-refractivity contribution is -0.142. The molecule has 12 heteroatoms. The highest BCUT2D eigenvalue weighted by atomic mass is 16.5. The van der Waals surface area contributed by atoms with Crippen LogP contribution in [0.3, 0.4) is 0 Å². The summed E-state index contributed by atoms with van der Waals surface area (Å²) in [5.74, 6) is 2.12. The molecule has 0 spiro atoms. The Balaban J connectivity index is 0.000000440. The van der Waals surface area contributed by atoms with Gasteiger partial charge in [-0.15, -0.1) is 0 Å². The normalized spacial score (nSPS) is 12.1. The summed E-state index contributed by atoms with van der Waals surface area (Å²) in [6.07, 6.45) is 5.04. The molecule has 0 aliphatic rings. The third-order valence-corrected chi connectivity index (χ3v) is 11.8. The third-order valence-electron chi connectivity index (χ3n) is 11.8. The van der Waals surface area contributed by atoms with Crippen LogP contribution in [0.15, 0.2) is 72.8 Å². The molecule has 66 heavy (non-hydrogen) atoms. The molecule has 0 aliphatic carbocycles. The summed E-state index contributed by atoms with van der Waals surface area (Å²) >= 11 is 0. The quantitative estimate of drug-likeness (QED) is 0.0718. The van der Waals surface area contributed by atoms with Gasteiger partial charge in [0.1, 0.15) is 23.0 Å². The van der Waals surface area contributed by atoms with E-state index in [9.17, 15) is 29.4 Å². The van der Waals surface area contributed by atoms with Crippen LogP contribution in [0.2, 0.25) is 0 Å². The number of hydrogen-bond acceptors (Lipinski definition) is 12. The molecule has 0 radical (unpaired) electrons. The molecule has 4 atom stereocenters. The topological polar surface area (TPSA) is 164 Å². The first-order valence-electron chi connectivity index (χ1n) is 22.6. The molecule has 0 fully saturated rings. The fourth-order valence-electron chi connectivity index (χ4n) is 7.07. The summed E-state index contributed by atoms with van der Waals surface area (Å²) in [5.41, 5.74) is 8.11. The number of carbonyl (C=O) groups is 4. The van der Waals surface area contributed by atoms with Crippen molar-refractivity contribution < 1.29 is 57.8 Å². The molecule has 0 saturated heterocycles. The van der Waals surface area contributed by atoms with Crippen molar-refractivity contribution in [1.82, 2.24) is 0 Å². The zero-order chi connectivity index (χ0) is 49.9. The lowest BCUT2D eigenvalue weighted by atomic mass is 9.92. The van der Waals surface area contributed by atoms with E-state index in [-0.39, 0.29) is 59.0 Å². The van der Waals surface area contributed by atoms with E-state index in [2.05, 4.69) is 35.5 Å². The van der Waals surface area contributed by atoms with Crippen molar-refractivity contribution in [3.05, 3.63) is 117 Å². The number of phenols is 2. The number of aryl methyl sites for hydroxylation is 4. The van der Waals surface area contributed by atoms with Gasteiger partial charge in [-0.1, -0.05) is 76.2 Å². The SMILES string of the molecule is CC[C@@H](CC(=O)OC)c1ccc(C)c(O)c1.CC[C@@H](CC(=O)OC)c1ccc(C)c(OC)c1.CC[C@H](CC(=O)OC)c1ccc(C)c(O)c1.CC[C@H](CC(=O)OC)c1ccc(C)c(OC)c1. The highest BCUT2D eigenvalue weighted by molar-refractivity contribution is 5.72. The Morgan fingerprint density at radius 1 is 0.394 bits per heavy atom. The molecule has 0 unspecified atom stereocenters. The van der Waals surface area contributed by atoms with Crippen molar-refractivity contribution >= 4 is 23.9 Å². The molecule has 0 bridgehead atoms. The minimum absolute atomic E-state index is 0.110. The first-order chi connectivity index (χ1) is 31.4. The molecular formula is C54H76O12. The number of esters is 4. The van der Waals surface area contributed by atoms with Crippen LogP contribution in [0.25, 0.3) is 0 Å². The smallest absolute Gasteiger partial charge is 0.306 e. The summed E-state index contributed by atoms with van der Waals surface area (Å²) in [7, 11) is 8.94. The zero-order valence-electron chi connectivity index (χ0n) is 41.9. The molecule has 0 heterocycles. The van der Waals surface area contributed by atoms with Crippen molar-refractivity contribution in [2.75, 3.05) is 42.7 Å². The van der Waals surface area contributed by atoms with Crippen molar-refractivity contribution in [2.24, 2.45) is 0 Å². The van der Waals surface area contributed by atoms with Crippen LogP contribution in [-0.4, -0.2) is 76.7 Å². The van der Waals surface area contributed by atoms with Crippen molar-refractivity contribution in [3.63, 3.8) is 0 Å². The Kier molecular flexibility index (Phi) is 27.2. The number of benzene rings is 4. The van der Waals surface area contributed by atoms with Crippen molar-refractivity contribution in [1.29, 1.82) is 0 Å². The van der Waals surface area contributed by atoms with Crippen LogP contribution in [0.4, 0.5) is 0 Å². The number of carbonyl (C=O) groups excluding carboxylic acids is 4. The van der Waals surface area contributed by atoms with Crippen LogP contribution in [0.5, 0.6) is 23.0 Å². The van der Waals surface area contributed by atoms with E-state index in [1.165, 1.54) is 28.4 Å². The van der Waals surface area contributed by atoms with Gasteiger partial charge >= 0.3 is 23.9 Å². The number of phenolic OH excluding ortho intramolecular Hbond substituents is 2. The Morgan fingerprint density at radius 2 is 0.621 bits per heavy atom. The third kappa shape index (κ3) is 19.6. The Morgan fingerprint density at radius 3 is 0.818 bits per heavy atom. The summed E-state index contributed by atoms with van der Waals surface area (Å²) in [5, 5.41) is 19.2. The number of hydrogen-bond donors (Lipinski definition) is 2. The van der Waals surface area contributed by atoms with E-state index in [4.69, 9.17) is 18.9 Å². The number of methoxy groups -OCH3 is 6. The summed E-state index contributed by atoms with van der Waals surface area (Å²) in [6, 6.07) is 23.2. The Hall–Kier alpha value is -6.04. The van der Waals surface area contributed by atoms with Crippen molar-refractivity contribution in [2.45, 2.75) is 130 Å². The van der Waals surface area contributed by atoms with E-state index >= 15 is 0 Å². The molecule has 4 aromatic carbocycles. The van der Waals surface area contributed by atoms with Gasteiger partial charge in [-0.25, -0.2) is 0 Å². The number of rotatable bonds is 18. The molecule has 0 aromatic heterocycles. The molecule has 4 aromatic rings. The van der Waals surface area contributed by atoms with E-state index in [0.29, 0.717) is 25.7 Å². The molecule has 12 nitrogen and oxygen atoms in total. The monoisotopic (exact) mass is 917 g/mol. The van der Waals surface area contributed by atoms with Gasteiger partial charge in [-0.3, -0.25) is 19.2 Å². The summed E-state index contributed by atoms with van der Waals surface area (Å²) in [4.78, 5) is 45.1. The predicted molar refractivity (Wildman–Crippen MR) is 260 cm³/mol. The second-order valence-corrected chi connectivity index (χ2v) is 16.1. The number of aromatic hydroxyl groups is 2. The first kappa shape index (κ1) is 58.0.